The van der Waals surface area contributed by atoms with Gasteiger partial charge in [-0.3, -0.25) is 4.79 Å². The Morgan fingerprint density at radius 2 is 1.96 bits per heavy atom. The second-order valence-corrected chi connectivity index (χ2v) is 7.48. The van der Waals surface area contributed by atoms with Gasteiger partial charge in [-0.2, -0.15) is 0 Å². The summed E-state index contributed by atoms with van der Waals surface area (Å²) in [4.78, 5) is 15.0. The van der Waals surface area contributed by atoms with Crippen LogP contribution in [0.2, 0.25) is 0 Å². The van der Waals surface area contributed by atoms with Crippen LogP contribution in [0.3, 0.4) is 0 Å². The number of carbonyl (C=O) groups excluding carboxylic acids is 1. The average Bonchev–Trinajstić information content (AvgIpc) is 3.04. The minimum atomic E-state index is 0.220. The van der Waals surface area contributed by atoms with Gasteiger partial charge in [0.25, 0.3) is 0 Å². The molecule has 152 valence electrons. The van der Waals surface area contributed by atoms with Crippen LogP contribution in [0, 0.1) is 13.8 Å². The summed E-state index contributed by atoms with van der Waals surface area (Å²) < 4.78 is 11.0. The molecule has 1 amide bonds. The van der Waals surface area contributed by atoms with E-state index >= 15 is 0 Å². The fourth-order valence-corrected chi connectivity index (χ4v) is 3.71. The molecule has 1 aliphatic heterocycles. The van der Waals surface area contributed by atoms with Crippen molar-refractivity contribution in [2.24, 2.45) is 0 Å². The SMILES string of the molecule is CCCN(C(=O)Cc1ccc(OCc2c(C)noc2C)cc1)C1CCNCC1. The van der Waals surface area contributed by atoms with Gasteiger partial charge in [0.15, 0.2) is 0 Å². The van der Waals surface area contributed by atoms with Crippen LogP contribution in [0.5, 0.6) is 5.75 Å². The third-order valence-corrected chi connectivity index (χ3v) is 5.38. The number of nitrogens with zero attached hydrogens (tertiary/aromatic N) is 2. The zero-order valence-corrected chi connectivity index (χ0v) is 17.2. The monoisotopic (exact) mass is 385 g/mol. The van der Waals surface area contributed by atoms with Crippen molar-refractivity contribution in [2.45, 2.75) is 59.1 Å². The summed E-state index contributed by atoms with van der Waals surface area (Å²) in [5.74, 6) is 1.78. The van der Waals surface area contributed by atoms with E-state index in [-0.39, 0.29) is 5.91 Å². The molecule has 28 heavy (non-hydrogen) atoms. The van der Waals surface area contributed by atoms with Crippen molar-refractivity contribution >= 4 is 5.91 Å². The summed E-state index contributed by atoms with van der Waals surface area (Å²) >= 11 is 0. The summed E-state index contributed by atoms with van der Waals surface area (Å²) in [6, 6.07) is 8.18. The van der Waals surface area contributed by atoms with Crippen LogP contribution in [-0.2, 0) is 17.8 Å². The number of benzene rings is 1. The normalized spacial score (nSPS) is 14.8. The van der Waals surface area contributed by atoms with Crippen molar-refractivity contribution < 1.29 is 14.1 Å². The van der Waals surface area contributed by atoms with Crippen molar-refractivity contribution in [3.63, 3.8) is 0 Å². The number of rotatable bonds is 8. The molecule has 2 heterocycles. The maximum Gasteiger partial charge on any atom is 0.227 e. The zero-order valence-electron chi connectivity index (χ0n) is 17.2. The van der Waals surface area contributed by atoms with Crippen LogP contribution in [0.25, 0.3) is 0 Å². The smallest absolute Gasteiger partial charge is 0.227 e. The van der Waals surface area contributed by atoms with E-state index in [2.05, 4.69) is 22.3 Å². The number of piperidine rings is 1. The Morgan fingerprint density at radius 3 is 2.57 bits per heavy atom. The lowest BCUT2D eigenvalue weighted by Gasteiger charge is -2.34. The number of amides is 1. The lowest BCUT2D eigenvalue weighted by atomic mass is 10.0. The lowest BCUT2D eigenvalue weighted by Crippen LogP contribution is -2.47. The molecule has 0 unspecified atom stereocenters. The van der Waals surface area contributed by atoms with E-state index in [1.807, 2.05) is 38.1 Å². The Bertz CT molecular complexity index is 744. The first kappa shape index (κ1) is 20.4. The van der Waals surface area contributed by atoms with Crippen molar-refractivity contribution in [3.05, 3.63) is 46.8 Å². The Hall–Kier alpha value is -2.34. The molecule has 1 fully saturated rings. The van der Waals surface area contributed by atoms with Crippen LogP contribution in [0.15, 0.2) is 28.8 Å². The van der Waals surface area contributed by atoms with Gasteiger partial charge in [-0.1, -0.05) is 24.2 Å². The number of nitrogens with one attached hydrogen (secondary N) is 1. The molecule has 1 aliphatic rings. The first-order valence-corrected chi connectivity index (χ1v) is 10.2. The number of hydrogen-bond acceptors (Lipinski definition) is 5. The van der Waals surface area contributed by atoms with Gasteiger partial charge in [-0.25, -0.2) is 0 Å². The molecule has 0 radical (unpaired) electrons. The van der Waals surface area contributed by atoms with E-state index in [0.29, 0.717) is 19.1 Å². The molecule has 1 aromatic heterocycles. The van der Waals surface area contributed by atoms with Gasteiger partial charge in [0.05, 0.1) is 17.7 Å². The van der Waals surface area contributed by atoms with Gasteiger partial charge in [-0.15, -0.1) is 0 Å². The van der Waals surface area contributed by atoms with E-state index < -0.39 is 0 Å². The first-order valence-electron chi connectivity index (χ1n) is 10.2. The lowest BCUT2D eigenvalue weighted by molar-refractivity contribution is -0.133. The summed E-state index contributed by atoms with van der Waals surface area (Å²) in [6.45, 7) is 9.19. The highest BCUT2D eigenvalue weighted by atomic mass is 16.5. The van der Waals surface area contributed by atoms with E-state index in [9.17, 15) is 4.79 Å². The fourth-order valence-electron chi connectivity index (χ4n) is 3.71. The molecule has 6 heteroatoms. The number of aryl methyl sites for hydroxylation is 2. The number of aromatic nitrogens is 1. The van der Waals surface area contributed by atoms with Gasteiger partial charge >= 0.3 is 0 Å². The predicted molar refractivity (Wildman–Crippen MR) is 108 cm³/mol. The quantitative estimate of drug-likeness (QED) is 0.754. The first-order chi connectivity index (χ1) is 13.6. The zero-order chi connectivity index (χ0) is 19.9. The van der Waals surface area contributed by atoms with Crippen LogP contribution < -0.4 is 10.1 Å². The molecule has 0 spiro atoms. The third-order valence-electron chi connectivity index (χ3n) is 5.38. The van der Waals surface area contributed by atoms with Crippen molar-refractivity contribution in [3.8, 4) is 5.75 Å². The maximum atomic E-state index is 12.9. The maximum absolute atomic E-state index is 12.9. The molecule has 6 nitrogen and oxygen atoms in total. The van der Waals surface area contributed by atoms with Gasteiger partial charge in [-0.05, 0) is 63.9 Å². The largest absolute Gasteiger partial charge is 0.489 e. The Labute approximate surface area is 167 Å². The molecule has 1 saturated heterocycles. The van der Waals surface area contributed by atoms with E-state index in [0.717, 1.165) is 67.2 Å². The predicted octanol–water partition coefficient (Wildman–Crippen LogP) is 3.40. The minimum Gasteiger partial charge on any atom is -0.489 e. The van der Waals surface area contributed by atoms with Gasteiger partial charge < -0.3 is 19.5 Å². The van der Waals surface area contributed by atoms with Crippen LogP contribution >= 0.6 is 0 Å². The summed E-state index contributed by atoms with van der Waals surface area (Å²) in [7, 11) is 0. The van der Waals surface area contributed by atoms with E-state index in [1.54, 1.807) is 0 Å². The molecule has 2 aromatic rings. The molecule has 0 bridgehead atoms. The fraction of sp³-hybridized carbons (Fsp3) is 0.545. The van der Waals surface area contributed by atoms with Crippen molar-refractivity contribution in [1.29, 1.82) is 0 Å². The summed E-state index contributed by atoms with van der Waals surface area (Å²) in [6.07, 6.45) is 3.51. The molecular formula is C22H31N3O3. The summed E-state index contributed by atoms with van der Waals surface area (Å²) in [5, 5.41) is 7.32. The van der Waals surface area contributed by atoms with E-state index in [4.69, 9.17) is 9.26 Å². The summed E-state index contributed by atoms with van der Waals surface area (Å²) in [5.41, 5.74) is 2.86. The Morgan fingerprint density at radius 1 is 1.25 bits per heavy atom. The highest BCUT2D eigenvalue weighted by Crippen LogP contribution is 2.19. The molecule has 3 rings (SSSR count). The topological polar surface area (TPSA) is 67.6 Å². The van der Waals surface area contributed by atoms with Crippen LogP contribution in [0.4, 0.5) is 0 Å². The molecule has 1 aromatic carbocycles. The Kier molecular flexibility index (Phi) is 7.09. The number of hydrogen-bond donors (Lipinski definition) is 1. The number of carbonyl (C=O) groups is 1. The highest BCUT2D eigenvalue weighted by molar-refractivity contribution is 5.79. The number of ether oxygens (including phenoxy) is 1. The second-order valence-electron chi connectivity index (χ2n) is 7.48. The van der Waals surface area contributed by atoms with Crippen LogP contribution in [0.1, 0.15) is 48.8 Å². The Balaban J connectivity index is 1.57. The molecule has 0 saturated carbocycles. The second kappa shape index (κ2) is 9.73. The molecule has 0 atom stereocenters. The van der Waals surface area contributed by atoms with Gasteiger partial charge in [0.1, 0.15) is 18.1 Å². The van der Waals surface area contributed by atoms with E-state index in [1.165, 1.54) is 0 Å². The van der Waals surface area contributed by atoms with Gasteiger partial charge in [0.2, 0.25) is 5.91 Å². The van der Waals surface area contributed by atoms with Crippen molar-refractivity contribution in [1.82, 2.24) is 15.4 Å². The molecular weight excluding hydrogens is 354 g/mol. The standard InChI is InChI=1S/C22H31N3O3/c1-4-13-25(19-9-11-23-12-10-19)22(26)14-18-5-7-20(8-6-18)27-15-21-16(2)24-28-17(21)3/h5-8,19,23H,4,9-15H2,1-3H3. The average molecular weight is 386 g/mol. The van der Waals surface area contributed by atoms with Crippen molar-refractivity contribution in [2.75, 3.05) is 19.6 Å². The minimum absolute atomic E-state index is 0.220. The third kappa shape index (κ3) is 5.13. The molecule has 0 aliphatic carbocycles. The van der Waals surface area contributed by atoms with Crippen LogP contribution in [-0.4, -0.2) is 41.6 Å². The molecule has 1 N–H and O–H groups in total. The van der Waals surface area contributed by atoms with Gasteiger partial charge in [0, 0.05) is 12.6 Å². The highest BCUT2D eigenvalue weighted by Gasteiger charge is 2.24.